The number of phenols is 1. The summed E-state index contributed by atoms with van der Waals surface area (Å²) in [5.41, 5.74) is 7.20. The van der Waals surface area contributed by atoms with Crippen molar-refractivity contribution in [3.8, 4) is 17.2 Å². The topological polar surface area (TPSA) is 127 Å². The number of oxazole rings is 1. The van der Waals surface area contributed by atoms with Crippen molar-refractivity contribution in [3.63, 3.8) is 0 Å². The van der Waals surface area contributed by atoms with Crippen molar-refractivity contribution < 1.29 is 27.5 Å². The number of rotatable bonds is 6. The van der Waals surface area contributed by atoms with E-state index in [0.717, 1.165) is 17.3 Å². The average Bonchev–Trinajstić information content (AvgIpc) is 3.29. The Kier molecular flexibility index (Phi) is 6.99. The van der Waals surface area contributed by atoms with Crippen LogP contribution in [0, 0.1) is 6.92 Å². The molecule has 0 saturated carbocycles. The highest BCUT2D eigenvalue weighted by Gasteiger charge is 2.33. The van der Waals surface area contributed by atoms with Crippen LogP contribution in [0.25, 0.3) is 22.4 Å². The first-order chi connectivity index (χ1) is 17.5. The van der Waals surface area contributed by atoms with Gasteiger partial charge in [-0.15, -0.1) is 0 Å². The number of hydrogen-bond acceptors (Lipinski definition) is 7. The second kappa shape index (κ2) is 10.0. The van der Waals surface area contributed by atoms with E-state index in [9.17, 15) is 23.1 Å². The number of para-hydroxylation sites is 1. The maximum Gasteiger partial charge on any atom is 0.433 e. The third-order valence-corrected chi connectivity index (χ3v) is 5.57. The molecule has 0 bridgehead atoms. The van der Waals surface area contributed by atoms with Gasteiger partial charge < -0.3 is 20.6 Å². The van der Waals surface area contributed by atoms with E-state index in [0.29, 0.717) is 5.71 Å². The van der Waals surface area contributed by atoms with E-state index in [1.54, 1.807) is 13.8 Å². The minimum atomic E-state index is -4.69. The number of fused-ring (bicyclic) bond motifs is 1. The molecule has 4 rings (SSSR count). The highest BCUT2D eigenvalue weighted by molar-refractivity contribution is 5.99. The smallest absolute Gasteiger partial charge is 0.433 e. The van der Waals surface area contributed by atoms with Crippen molar-refractivity contribution in [1.82, 2.24) is 15.3 Å². The number of carbonyl (C=O) groups excluding carboxylic acids is 1. The number of halogens is 3. The van der Waals surface area contributed by atoms with E-state index in [2.05, 4.69) is 20.3 Å². The molecule has 0 radical (unpaired) electrons. The van der Waals surface area contributed by atoms with Gasteiger partial charge in [0.05, 0.1) is 18.3 Å². The zero-order chi connectivity index (χ0) is 26.9. The molecule has 37 heavy (non-hydrogen) atoms. The number of aromatic hydroxyl groups is 1. The summed E-state index contributed by atoms with van der Waals surface area (Å²) in [6.45, 7) is 5.46. The number of aliphatic imine (C=N–C) groups is 1. The van der Waals surface area contributed by atoms with Crippen LogP contribution in [0.5, 0.6) is 5.75 Å². The lowest BCUT2D eigenvalue weighted by Gasteiger charge is -2.09. The Hall–Kier alpha value is -4.25. The number of aryl methyl sites for hydroxylation is 1. The molecule has 8 nitrogen and oxygen atoms in total. The van der Waals surface area contributed by atoms with Gasteiger partial charge in [-0.2, -0.15) is 13.2 Å². The highest BCUT2D eigenvalue weighted by atomic mass is 19.4. The Morgan fingerprint density at radius 3 is 2.57 bits per heavy atom. The molecule has 0 unspecified atom stereocenters. The maximum absolute atomic E-state index is 13.1. The summed E-state index contributed by atoms with van der Waals surface area (Å²) in [5.74, 6) is -0.941. The molecule has 0 aliphatic heterocycles. The maximum atomic E-state index is 13.1. The van der Waals surface area contributed by atoms with Crippen LogP contribution >= 0.6 is 0 Å². The normalized spacial score (nSPS) is 13.1. The number of nitrogens with zero attached hydrogens (tertiary/aromatic N) is 3. The molecule has 0 aliphatic rings. The first-order valence-electron chi connectivity index (χ1n) is 11.3. The predicted molar refractivity (Wildman–Crippen MR) is 133 cm³/mol. The number of alkyl halides is 3. The summed E-state index contributed by atoms with van der Waals surface area (Å²) in [6, 6.07) is 11.4. The van der Waals surface area contributed by atoms with Crippen molar-refractivity contribution in [3.05, 3.63) is 71.2 Å². The van der Waals surface area contributed by atoms with Gasteiger partial charge in [0, 0.05) is 16.7 Å². The second-order valence-corrected chi connectivity index (χ2v) is 8.56. The highest BCUT2D eigenvalue weighted by Crippen LogP contribution is 2.37. The Labute approximate surface area is 210 Å². The van der Waals surface area contributed by atoms with E-state index in [-0.39, 0.29) is 40.4 Å². The lowest BCUT2D eigenvalue weighted by atomic mass is 10.1. The average molecular weight is 512 g/mol. The molecule has 1 amide bonds. The van der Waals surface area contributed by atoms with Crippen LogP contribution in [0.3, 0.4) is 0 Å². The van der Waals surface area contributed by atoms with Crippen LogP contribution in [0.1, 0.15) is 47.4 Å². The summed E-state index contributed by atoms with van der Waals surface area (Å²) < 4.78 is 45.2. The van der Waals surface area contributed by atoms with Crippen LogP contribution in [-0.4, -0.2) is 33.2 Å². The molecular formula is C26H24F3N5O3. The van der Waals surface area contributed by atoms with Gasteiger partial charge in [0.1, 0.15) is 17.0 Å². The summed E-state index contributed by atoms with van der Waals surface area (Å²) in [7, 11) is 0. The predicted octanol–water partition coefficient (Wildman–Crippen LogP) is 5.46. The summed E-state index contributed by atoms with van der Waals surface area (Å²) in [6.07, 6.45) is -4.69. The minimum Gasteiger partial charge on any atom is -0.506 e. The van der Waals surface area contributed by atoms with Crippen LogP contribution in [-0.2, 0) is 6.18 Å². The van der Waals surface area contributed by atoms with Gasteiger partial charge in [0.25, 0.3) is 5.91 Å². The molecule has 0 fully saturated rings. The molecule has 2 aromatic carbocycles. The fraction of sp³-hybridized carbons (Fsp3) is 0.231. The monoisotopic (exact) mass is 511 g/mol. The van der Waals surface area contributed by atoms with Gasteiger partial charge in [0.15, 0.2) is 11.5 Å². The van der Waals surface area contributed by atoms with Crippen LogP contribution in [0.15, 0.2) is 57.9 Å². The molecule has 0 spiro atoms. The number of aromatic nitrogens is 2. The van der Waals surface area contributed by atoms with Crippen LogP contribution in [0.2, 0.25) is 0 Å². The number of amides is 1. The molecule has 0 aliphatic carbocycles. The molecule has 2 heterocycles. The molecule has 192 valence electrons. The van der Waals surface area contributed by atoms with Gasteiger partial charge >= 0.3 is 6.18 Å². The van der Waals surface area contributed by atoms with Crippen molar-refractivity contribution in [2.24, 2.45) is 10.7 Å². The van der Waals surface area contributed by atoms with Crippen molar-refractivity contribution in [1.29, 1.82) is 0 Å². The number of pyridine rings is 1. The van der Waals surface area contributed by atoms with Gasteiger partial charge in [-0.05, 0) is 56.7 Å². The summed E-state index contributed by atoms with van der Waals surface area (Å²) in [5, 5.41) is 13.0. The van der Waals surface area contributed by atoms with Crippen molar-refractivity contribution in [2.75, 3.05) is 6.54 Å². The Morgan fingerprint density at radius 2 is 1.89 bits per heavy atom. The third kappa shape index (κ3) is 5.46. The Bertz CT molecular complexity index is 1510. The van der Waals surface area contributed by atoms with Gasteiger partial charge in [0.2, 0.25) is 5.89 Å². The Balaban J connectivity index is 1.66. The van der Waals surface area contributed by atoms with Gasteiger partial charge in [-0.3, -0.25) is 9.79 Å². The molecule has 4 N–H and O–H groups in total. The largest absolute Gasteiger partial charge is 0.506 e. The van der Waals surface area contributed by atoms with Gasteiger partial charge in [-0.25, -0.2) is 9.97 Å². The standard InChI is InChI=1S/C26H24F3N5O3/c1-13-6-4-5-7-18(13)32-14(2)12-31-24(36)22-23(15(3)30)37-25(34-22)17-8-10-19(35)21-16(17)9-11-20(33-21)26(27,28)29/h4-11,15,35H,12,30H2,1-3H3,(H,31,36)/t15-/m0/s1. The number of hydrogen-bond donors (Lipinski definition) is 3. The van der Waals surface area contributed by atoms with E-state index < -0.39 is 29.6 Å². The van der Waals surface area contributed by atoms with Crippen molar-refractivity contribution in [2.45, 2.75) is 33.0 Å². The fourth-order valence-electron chi connectivity index (χ4n) is 3.69. The molecule has 11 heteroatoms. The van der Waals surface area contributed by atoms with Crippen molar-refractivity contribution >= 4 is 28.2 Å². The van der Waals surface area contributed by atoms with E-state index >= 15 is 0 Å². The SMILES string of the molecule is CC(CNC(=O)c1nc(-c2ccc(O)c3nc(C(F)(F)F)ccc23)oc1[C@H](C)N)=Nc1ccccc1C. The number of carbonyl (C=O) groups is 1. The third-order valence-electron chi connectivity index (χ3n) is 5.57. The zero-order valence-electron chi connectivity index (χ0n) is 20.2. The molecule has 0 saturated heterocycles. The number of nitrogens with two attached hydrogens (primary N) is 1. The van der Waals surface area contributed by atoms with Gasteiger partial charge in [-0.1, -0.05) is 18.2 Å². The lowest BCUT2D eigenvalue weighted by molar-refractivity contribution is -0.140. The lowest BCUT2D eigenvalue weighted by Crippen LogP contribution is -2.30. The number of phenolic OH excluding ortho intramolecular Hbond substituents is 1. The number of nitrogens with one attached hydrogen (secondary N) is 1. The second-order valence-electron chi connectivity index (χ2n) is 8.56. The molecule has 1 atom stereocenters. The van der Waals surface area contributed by atoms with E-state index in [1.807, 2.05) is 31.2 Å². The summed E-state index contributed by atoms with van der Waals surface area (Å²) >= 11 is 0. The van der Waals surface area contributed by atoms with Crippen LogP contribution in [0.4, 0.5) is 18.9 Å². The van der Waals surface area contributed by atoms with E-state index in [1.165, 1.54) is 18.2 Å². The zero-order valence-corrected chi connectivity index (χ0v) is 20.2. The minimum absolute atomic E-state index is 0.0469. The molecule has 4 aromatic rings. The molecular weight excluding hydrogens is 487 g/mol. The van der Waals surface area contributed by atoms with E-state index in [4.69, 9.17) is 10.2 Å². The fourth-order valence-corrected chi connectivity index (χ4v) is 3.69. The first kappa shape index (κ1) is 25.8. The quantitative estimate of drug-likeness (QED) is 0.295. The summed E-state index contributed by atoms with van der Waals surface area (Å²) in [4.78, 5) is 25.4. The number of benzene rings is 2. The Morgan fingerprint density at radius 1 is 1.16 bits per heavy atom. The van der Waals surface area contributed by atoms with Crippen LogP contribution < -0.4 is 11.1 Å². The first-order valence-corrected chi connectivity index (χ1v) is 11.3. The molecule has 2 aromatic heterocycles.